The number of benzene rings is 3. The van der Waals surface area contributed by atoms with E-state index in [2.05, 4.69) is 43.7 Å². The van der Waals surface area contributed by atoms with Crippen molar-refractivity contribution >= 4 is 17.1 Å². The highest BCUT2D eigenvalue weighted by molar-refractivity contribution is 5.77. The minimum atomic E-state index is -0.747. The Morgan fingerprint density at radius 1 is 0.645 bits per heavy atom. The highest BCUT2D eigenvalue weighted by atomic mass is 16.3. The molecule has 2 N–H and O–H groups in total. The maximum Gasteiger partial charge on any atom is 0.0969 e. The van der Waals surface area contributed by atoms with Crippen LogP contribution in [0.3, 0.4) is 0 Å². The molecule has 3 heteroatoms. The number of aliphatic hydroxyl groups is 2. The van der Waals surface area contributed by atoms with Crippen LogP contribution < -0.4 is 4.90 Å². The smallest absolute Gasteiger partial charge is 0.0969 e. The SMILES string of the molecule is C=CC(C)c1cccc(N(c2cccc(C(O)C=C)c2)c2cccc(C(O)C=C)c2)c1. The molecule has 0 bridgehead atoms. The van der Waals surface area contributed by atoms with Gasteiger partial charge in [-0.25, -0.2) is 0 Å². The van der Waals surface area contributed by atoms with Crippen LogP contribution in [0.4, 0.5) is 17.1 Å². The minimum Gasteiger partial charge on any atom is -0.384 e. The molecule has 0 saturated heterocycles. The average Bonchev–Trinajstić information content (AvgIpc) is 2.83. The van der Waals surface area contributed by atoms with Gasteiger partial charge in [-0.3, -0.25) is 0 Å². The Balaban J connectivity index is 2.19. The summed E-state index contributed by atoms with van der Waals surface area (Å²) >= 11 is 0. The van der Waals surface area contributed by atoms with Gasteiger partial charge >= 0.3 is 0 Å². The fraction of sp³-hybridized carbons (Fsp3) is 0.143. The summed E-state index contributed by atoms with van der Waals surface area (Å²) in [4.78, 5) is 2.11. The summed E-state index contributed by atoms with van der Waals surface area (Å²) in [5.74, 6) is 0.213. The number of hydrogen-bond acceptors (Lipinski definition) is 3. The summed E-state index contributed by atoms with van der Waals surface area (Å²) in [7, 11) is 0. The normalized spacial score (nSPS) is 13.6. The molecule has 0 aliphatic rings. The molecule has 31 heavy (non-hydrogen) atoms. The zero-order valence-corrected chi connectivity index (χ0v) is 17.9. The van der Waals surface area contributed by atoms with Crippen LogP contribution in [0.15, 0.2) is 111 Å². The predicted molar refractivity (Wildman–Crippen MR) is 130 cm³/mol. The van der Waals surface area contributed by atoms with Crippen molar-refractivity contribution in [3.8, 4) is 0 Å². The van der Waals surface area contributed by atoms with Gasteiger partial charge in [0.15, 0.2) is 0 Å². The van der Waals surface area contributed by atoms with Gasteiger partial charge in [0.05, 0.1) is 12.2 Å². The van der Waals surface area contributed by atoms with Gasteiger partial charge in [-0.2, -0.15) is 0 Å². The maximum atomic E-state index is 10.3. The van der Waals surface area contributed by atoms with Crippen LogP contribution in [0.25, 0.3) is 0 Å². The zero-order chi connectivity index (χ0) is 22.4. The van der Waals surface area contributed by atoms with Crippen LogP contribution in [-0.2, 0) is 0 Å². The van der Waals surface area contributed by atoms with Gasteiger partial charge in [0.25, 0.3) is 0 Å². The zero-order valence-electron chi connectivity index (χ0n) is 17.9. The second-order valence-corrected chi connectivity index (χ2v) is 7.51. The topological polar surface area (TPSA) is 43.7 Å². The number of hydrogen-bond donors (Lipinski definition) is 2. The molecular formula is C28H29NO2. The third-order valence-electron chi connectivity index (χ3n) is 5.39. The van der Waals surface area contributed by atoms with Gasteiger partial charge in [0.2, 0.25) is 0 Å². The van der Waals surface area contributed by atoms with Crippen molar-refractivity contribution in [3.63, 3.8) is 0 Å². The molecule has 0 heterocycles. The quantitative estimate of drug-likeness (QED) is 0.377. The minimum absolute atomic E-state index is 0.213. The van der Waals surface area contributed by atoms with E-state index in [-0.39, 0.29) is 5.92 Å². The molecule has 3 nitrogen and oxygen atoms in total. The monoisotopic (exact) mass is 411 g/mol. The molecule has 3 atom stereocenters. The van der Waals surface area contributed by atoms with Gasteiger partial charge in [-0.05, 0) is 59.0 Å². The van der Waals surface area contributed by atoms with E-state index in [0.29, 0.717) is 0 Å². The van der Waals surface area contributed by atoms with Gasteiger partial charge in [-0.15, -0.1) is 19.7 Å². The fourth-order valence-electron chi connectivity index (χ4n) is 3.50. The van der Waals surface area contributed by atoms with Crippen LogP contribution in [0.1, 0.15) is 41.7 Å². The third kappa shape index (κ3) is 5.02. The van der Waals surface area contributed by atoms with E-state index in [0.717, 1.165) is 33.8 Å². The van der Waals surface area contributed by atoms with Crippen molar-refractivity contribution in [2.75, 3.05) is 4.90 Å². The molecule has 0 amide bonds. The highest BCUT2D eigenvalue weighted by Gasteiger charge is 2.16. The Hall–Kier alpha value is -3.40. The van der Waals surface area contributed by atoms with Crippen molar-refractivity contribution in [1.82, 2.24) is 0 Å². The van der Waals surface area contributed by atoms with Crippen molar-refractivity contribution in [1.29, 1.82) is 0 Å². The molecule has 158 valence electrons. The maximum absolute atomic E-state index is 10.3. The predicted octanol–water partition coefficient (Wildman–Crippen LogP) is 6.88. The lowest BCUT2D eigenvalue weighted by atomic mass is 10.00. The first-order valence-corrected chi connectivity index (χ1v) is 10.3. The number of allylic oxidation sites excluding steroid dienone is 1. The second kappa shape index (κ2) is 10.1. The van der Waals surface area contributed by atoms with E-state index in [4.69, 9.17) is 0 Å². The second-order valence-electron chi connectivity index (χ2n) is 7.51. The van der Waals surface area contributed by atoms with Crippen molar-refractivity contribution in [3.05, 3.63) is 127 Å². The fourth-order valence-corrected chi connectivity index (χ4v) is 3.50. The van der Waals surface area contributed by atoms with Crippen LogP contribution >= 0.6 is 0 Å². The lowest BCUT2D eigenvalue weighted by molar-refractivity contribution is 0.229. The summed E-state index contributed by atoms with van der Waals surface area (Å²) in [6.45, 7) is 13.4. The van der Waals surface area contributed by atoms with Crippen molar-refractivity contribution in [2.45, 2.75) is 25.0 Å². The molecular weight excluding hydrogens is 382 g/mol. The number of nitrogens with zero attached hydrogens (tertiary/aromatic N) is 1. The molecule has 3 aromatic carbocycles. The average molecular weight is 412 g/mol. The standard InChI is InChI=1S/C28H29NO2/c1-5-20(4)21-11-8-14-24(17-21)29(25-15-9-12-22(18-25)27(30)6-2)26-16-10-13-23(19-26)28(31)7-3/h5-20,27-28,30-31H,1-3H2,4H3. The van der Waals surface area contributed by atoms with Crippen molar-refractivity contribution < 1.29 is 10.2 Å². The van der Waals surface area contributed by atoms with E-state index >= 15 is 0 Å². The molecule has 0 spiro atoms. The van der Waals surface area contributed by atoms with Crippen LogP contribution in [0.5, 0.6) is 0 Å². The largest absolute Gasteiger partial charge is 0.384 e. The summed E-state index contributed by atoms with van der Waals surface area (Å²) in [6, 6.07) is 23.8. The Bertz CT molecular complexity index is 935. The molecule has 0 aromatic heterocycles. The van der Waals surface area contributed by atoms with Gasteiger partial charge in [-0.1, -0.05) is 61.5 Å². The summed E-state index contributed by atoms with van der Waals surface area (Å²) < 4.78 is 0. The summed E-state index contributed by atoms with van der Waals surface area (Å²) in [5.41, 5.74) is 5.44. The van der Waals surface area contributed by atoms with Crippen molar-refractivity contribution in [2.24, 2.45) is 0 Å². The molecule has 3 rings (SSSR count). The molecule has 0 fully saturated rings. The van der Waals surface area contributed by atoms with Gasteiger partial charge in [0.1, 0.15) is 0 Å². The highest BCUT2D eigenvalue weighted by Crippen LogP contribution is 2.38. The van der Waals surface area contributed by atoms with E-state index in [1.807, 2.05) is 66.7 Å². The molecule has 0 aliphatic heterocycles. The molecule has 3 unspecified atom stereocenters. The molecule has 3 aromatic rings. The Kier molecular flexibility index (Phi) is 7.24. The van der Waals surface area contributed by atoms with E-state index in [9.17, 15) is 10.2 Å². The van der Waals surface area contributed by atoms with Gasteiger partial charge in [0, 0.05) is 17.1 Å². The van der Waals surface area contributed by atoms with Crippen LogP contribution in [-0.4, -0.2) is 10.2 Å². The first-order chi connectivity index (χ1) is 15.0. The first kappa shape index (κ1) is 22.3. The first-order valence-electron chi connectivity index (χ1n) is 10.3. The van der Waals surface area contributed by atoms with E-state index in [1.165, 1.54) is 12.2 Å². The van der Waals surface area contributed by atoms with E-state index in [1.54, 1.807) is 0 Å². The van der Waals surface area contributed by atoms with Crippen LogP contribution in [0.2, 0.25) is 0 Å². The molecule has 0 saturated carbocycles. The number of rotatable bonds is 9. The summed E-state index contributed by atoms with van der Waals surface area (Å²) in [5, 5.41) is 20.6. The number of anilines is 3. The lowest BCUT2D eigenvalue weighted by Gasteiger charge is -2.27. The summed E-state index contributed by atoms with van der Waals surface area (Å²) in [6.07, 6.45) is 3.45. The third-order valence-corrected chi connectivity index (χ3v) is 5.39. The van der Waals surface area contributed by atoms with E-state index < -0.39 is 12.2 Å². The molecule has 0 radical (unpaired) electrons. The van der Waals surface area contributed by atoms with Crippen LogP contribution in [0, 0.1) is 0 Å². The Morgan fingerprint density at radius 3 is 1.42 bits per heavy atom. The lowest BCUT2D eigenvalue weighted by Crippen LogP contribution is -2.12. The number of aliphatic hydroxyl groups excluding tert-OH is 2. The molecule has 0 aliphatic carbocycles. The Morgan fingerprint density at radius 2 is 1.03 bits per heavy atom. The van der Waals surface area contributed by atoms with Gasteiger partial charge < -0.3 is 15.1 Å². The Labute approximate surface area is 184 Å².